The Labute approximate surface area is 95.8 Å². The Hall–Kier alpha value is -1.35. The third kappa shape index (κ3) is 2.42. The molecule has 0 aliphatic carbocycles. The highest BCUT2D eigenvalue weighted by Crippen LogP contribution is 2.27. The average molecular weight is 219 g/mol. The summed E-state index contributed by atoms with van der Waals surface area (Å²) < 4.78 is 5.03. The van der Waals surface area contributed by atoms with Gasteiger partial charge in [0.25, 0.3) is 0 Å². The van der Waals surface area contributed by atoms with Gasteiger partial charge in [-0.15, -0.1) is 0 Å². The molecular weight excluding hydrogens is 202 g/mol. The molecule has 0 saturated carbocycles. The standard InChI is InChI=1S/C13H17NO2/c1-2-16-13(15)11-8-12(14-9-11)10-6-4-3-5-7-10/h3-7,11-12,14H,2,8-9H2,1H3/t11-,12-/m1/s1. The van der Waals surface area contributed by atoms with E-state index >= 15 is 0 Å². The van der Waals surface area contributed by atoms with E-state index in [0.717, 1.165) is 13.0 Å². The van der Waals surface area contributed by atoms with Gasteiger partial charge in [0.05, 0.1) is 12.5 Å². The lowest BCUT2D eigenvalue weighted by atomic mass is 10.0. The first-order chi connectivity index (χ1) is 7.81. The third-order valence-electron chi connectivity index (χ3n) is 2.95. The SMILES string of the molecule is CCOC(=O)[C@H]1CN[C@@H](c2ccccc2)C1. The van der Waals surface area contributed by atoms with Crippen LogP contribution in [0.5, 0.6) is 0 Å². The van der Waals surface area contributed by atoms with Crippen molar-refractivity contribution in [1.82, 2.24) is 5.32 Å². The molecular formula is C13H17NO2. The molecule has 86 valence electrons. The smallest absolute Gasteiger partial charge is 0.310 e. The molecule has 1 aromatic rings. The van der Waals surface area contributed by atoms with E-state index in [0.29, 0.717) is 6.61 Å². The molecule has 2 atom stereocenters. The van der Waals surface area contributed by atoms with Crippen molar-refractivity contribution in [1.29, 1.82) is 0 Å². The first kappa shape index (κ1) is 11.1. The van der Waals surface area contributed by atoms with Gasteiger partial charge < -0.3 is 10.1 Å². The largest absolute Gasteiger partial charge is 0.466 e. The Morgan fingerprint density at radius 1 is 1.44 bits per heavy atom. The zero-order valence-electron chi connectivity index (χ0n) is 9.48. The van der Waals surface area contributed by atoms with Crippen LogP contribution in [0.15, 0.2) is 30.3 Å². The second-order valence-corrected chi connectivity index (χ2v) is 4.06. The summed E-state index contributed by atoms with van der Waals surface area (Å²) in [5.41, 5.74) is 1.24. The molecule has 1 aromatic carbocycles. The Morgan fingerprint density at radius 2 is 2.19 bits per heavy atom. The van der Waals surface area contributed by atoms with Crippen LogP contribution in [-0.4, -0.2) is 19.1 Å². The molecule has 1 aliphatic rings. The van der Waals surface area contributed by atoms with Crippen LogP contribution >= 0.6 is 0 Å². The molecule has 0 bridgehead atoms. The maximum absolute atomic E-state index is 11.6. The number of benzene rings is 1. The fourth-order valence-corrected chi connectivity index (χ4v) is 2.11. The summed E-state index contributed by atoms with van der Waals surface area (Å²) in [6, 6.07) is 10.5. The van der Waals surface area contributed by atoms with Crippen molar-refractivity contribution in [2.45, 2.75) is 19.4 Å². The van der Waals surface area contributed by atoms with Crippen LogP contribution in [-0.2, 0) is 9.53 Å². The van der Waals surface area contributed by atoms with Crippen molar-refractivity contribution in [3.63, 3.8) is 0 Å². The summed E-state index contributed by atoms with van der Waals surface area (Å²) in [5.74, 6) is -0.0708. The van der Waals surface area contributed by atoms with E-state index in [-0.39, 0.29) is 17.9 Å². The van der Waals surface area contributed by atoms with Gasteiger partial charge in [0, 0.05) is 12.6 Å². The lowest BCUT2D eigenvalue weighted by molar-refractivity contribution is -0.147. The number of hydrogen-bond acceptors (Lipinski definition) is 3. The van der Waals surface area contributed by atoms with Crippen molar-refractivity contribution in [3.8, 4) is 0 Å². The molecule has 0 radical (unpaired) electrons. The molecule has 16 heavy (non-hydrogen) atoms. The number of carbonyl (C=O) groups is 1. The summed E-state index contributed by atoms with van der Waals surface area (Å²) in [7, 11) is 0. The van der Waals surface area contributed by atoms with E-state index < -0.39 is 0 Å². The molecule has 0 unspecified atom stereocenters. The van der Waals surface area contributed by atoms with Gasteiger partial charge in [-0.25, -0.2) is 0 Å². The van der Waals surface area contributed by atoms with E-state index in [1.165, 1.54) is 5.56 Å². The van der Waals surface area contributed by atoms with E-state index in [1.807, 2.05) is 25.1 Å². The van der Waals surface area contributed by atoms with Gasteiger partial charge in [0.1, 0.15) is 0 Å². The monoisotopic (exact) mass is 219 g/mol. The average Bonchev–Trinajstić information content (AvgIpc) is 2.80. The number of esters is 1. The second-order valence-electron chi connectivity index (χ2n) is 4.06. The van der Waals surface area contributed by atoms with Gasteiger partial charge in [-0.05, 0) is 18.9 Å². The molecule has 1 aliphatic heterocycles. The molecule has 1 saturated heterocycles. The zero-order valence-corrected chi connectivity index (χ0v) is 9.48. The molecule has 1 fully saturated rings. The quantitative estimate of drug-likeness (QED) is 0.789. The van der Waals surface area contributed by atoms with E-state index in [1.54, 1.807) is 0 Å². The number of rotatable bonds is 3. The minimum Gasteiger partial charge on any atom is -0.466 e. The van der Waals surface area contributed by atoms with E-state index in [4.69, 9.17) is 4.74 Å². The molecule has 2 rings (SSSR count). The predicted molar refractivity (Wildman–Crippen MR) is 61.9 cm³/mol. The van der Waals surface area contributed by atoms with E-state index in [9.17, 15) is 4.79 Å². The molecule has 1 N–H and O–H groups in total. The number of carbonyl (C=O) groups excluding carboxylic acids is 1. The van der Waals surface area contributed by atoms with Crippen LogP contribution in [0, 0.1) is 5.92 Å². The summed E-state index contributed by atoms with van der Waals surface area (Å²) in [4.78, 5) is 11.6. The highest BCUT2D eigenvalue weighted by Gasteiger charge is 2.30. The first-order valence-electron chi connectivity index (χ1n) is 5.76. The Kier molecular flexibility index (Phi) is 3.57. The van der Waals surface area contributed by atoms with Gasteiger partial charge in [-0.1, -0.05) is 30.3 Å². The highest BCUT2D eigenvalue weighted by atomic mass is 16.5. The van der Waals surface area contributed by atoms with Crippen LogP contribution < -0.4 is 5.32 Å². The van der Waals surface area contributed by atoms with E-state index in [2.05, 4.69) is 17.4 Å². The number of ether oxygens (including phenoxy) is 1. The molecule has 3 nitrogen and oxygen atoms in total. The van der Waals surface area contributed by atoms with Crippen molar-refractivity contribution in [2.24, 2.45) is 5.92 Å². The summed E-state index contributed by atoms with van der Waals surface area (Å²) in [6.45, 7) is 3.03. The lowest BCUT2D eigenvalue weighted by Crippen LogP contribution is -2.20. The topological polar surface area (TPSA) is 38.3 Å². The molecule has 0 aromatic heterocycles. The second kappa shape index (κ2) is 5.12. The molecule has 1 heterocycles. The first-order valence-corrected chi connectivity index (χ1v) is 5.76. The van der Waals surface area contributed by atoms with Crippen molar-refractivity contribution in [2.75, 3.05) is 13.2 Å². The van der Waals surface area contributed by atoms with Crippen molar-refractivity contribution in [3.05, 3.63) is 35.9 Å². The summed E-state index contributed by atoms with van der Waals surface area (Å²) in [5, 5.41) is 3.36. The van der Waals surface area contributed by atoms with Crippen LogP contribution in [0.2, 0.25) is 0 Å². The van der Waals surface area contributed by atoms with Gasteiger partial charge in [0.2, 0.25) is 0 Å². The predicted octanol–water partition coefficient (Wildman–Crippen LogP) is 1.90. The zero-order chi connectivity index (χ0) is 11.4. The van der Waals surface area contributed by atoms with Gasteiger partial charge in [0.15, 0.2) is 0 Å². The van der Waals surface area contributed by atoms with Crippen LogP contribution in [0.1, 0.15) is 24.9 Å². The molecule has 0 spiro atoms. The Morgan fingerprint density at radius 3 is 2.88 bits per heavy atom. The maximum Gasteiger partial charge on any atom is 0.310 e. The van der Waals surface area contributed by atoms with Crippen molar-refractivity contribution >= 4 is 5.97 Å². The van der Waals surface area contributed by atoms with Gasteiger partial charge >= 0.3 is 5.97 Å². The number of nitrogens with one attached hydrogen (secondary N) is 1. The van der Waals surface area contributed by atoms with Crippen molar-refractivity contribution < 1.29 is 9.53 Å². The number of hydrogen-bond donors (Lipinski definition) is 1. The summed E-state index contributed by atoms with van der Waals surface area (Å²) >= 11 is 0. The Bertz CT molecular complexity index is 350. The fourth-order valence-electron chi connectivity index (χ4n) is 2.11. The Balaban J connectivity index is 1.96. The highest BCUT2D eigenvalue weighted by molar-refractivity contribution is 5.73. The maximum atomic E-state index is 11.6. The molecule has 0 amide bonds. The summed E-state index contributed by atoms with van der Waals surface area (Å²) in [6.07, 6.45) is 0.836. The van der Waals surface area contributed by atoms with Crippen LogP contribution in [0.3, 0.4) is 0 Å². The van der Waals surface area contributed by atoms with Gasteiger partial charge in [-0.2, -0.15) is 0 Å². The minimum atomic E-state index is -0.0755. The molecule has 3 heteroatoms. The third-order valence-corrected chi connectivity index (χ3v) is 2.95. The van der Waals surface area contributed by atoms with Crippen LogP contribution in [0.25, 0.3) is 0 Å². The fraction of sp³-hybridized carbons (Fsp3) is 0.462. The van der Waals surface area contributed by atoms with Crippen LogP contribution in [0.4, 0.5) is 0 Å². The lowest BCUT2D eigenvalue weighted by Gasteiger charge is -2.10. The van der Waals surface area contributed by atoms with Gasteiger partial charge in [-0.3, -0.25) is 4.79 Å². The minimum absolute atomic E-state index is 0.00477. The normalized spacial score (nSPS) is 24.3.